The van der Waals surface area contributed by atoms with Gasteiger partial charge in [-0.15, -0.1) is 11.3 Å². The zero-order valence-electron chi connectivity index (χ0n) is 13.8. The number of anilines is 1. The van der Waals surface area contributed by atoms with Crippen LogP contribution in [0.15, 0.2) is 65.3 Å². The van der Waals surface area contributed by atoms with Gasteiger partial charge in [-0.1, -0.05) is 42.5 Å². The first-order valence-corrected chi connectivity index (χ1v) is 9.36. The second kappa shape index (κ2) is 6.07. The van der Waals surface area contributed by atoms with Crippen LogP contribution in [0.4, 0.5) is 5.69 Å². The molecule has 0 spiro atoms. The molecule has 0 fully saturated rings. The van der Waals surface area contributed by atoms with Crippen molar-refractivity contribution < 1.29 is 4.79 Å². The number of nitrogens with one attached hydrogen (secondary N) is 2. The summed E-state index contributed by atoms with van der Waals surface area (Å²) >= 11 is 1.63. The van der Waals surface area contributed by atoms with Crippen LogP contribution in [0.25, 0.3) is 0 Å². The smallest absolute Gasteiger partial charge is 0.148 e. The maximum atomic E-state index is 11.5. The van der Waals surface area contributed by atoms with E-state index in [-0.39, 0.29) is 12.0 Å². The second-order valence-electron chi connectivity index (χ2n) is 6.42. The van der Waals surface area contributed by atoms with Crippen molar-refractivity contribution in [3.05, 3.63) is 81.8 Å². The largest absolute Gasteiger partial charge is 0.377 e. The van der Waals surface area contributed by atoms with Crippen molar-refractivity contribution in [2.45, 2.75) is 18.0 Å². The summed E-state index contributed by atoms with van der Waals surface area (Å²) in [6.07, 6.45) is 2.82. The molecule has 128 valence electrons. The zero-order valence-corrected chi connectivity index (χ0v) is 14.6. The molecule has 0 bridgehead atoms. The van der Waals surface area contributed by atoms with Gasteiger partial charge >= 0.3 is 0 Å². The summed E-state index contributed by atoms with van der Waals surface area (Å²) in [5.74, 6) is 0.0265. The lowest BCUT2D eigenvalue weighted by Gasteiger charge is -2.39. The molecule has 2 aliphatic rings. The van der Waals surface area contributed by atoms with Crippen molar-refractivity contribution >= 4 is 29.0 Å². The zero-order chi connectivity index (χ0) is 17.5. The molecule has 5 nitrogen and oxygen atoms in total. The quantitative estimate of drug-likeness (QED) is 0.700. The molecule has 3 unspecified atom stereocenters. The highest BCUT2D eigenvalue weighted by Crippen LogP contribution is 2.46. The summed E-state index contributed by atoms with van der Waals surface area (Å²) in [4.78, 5) is 16.9. The molecule has 2 N–H and O–H groups in total. The minimum absolute atomic E-state index is 0.0265. The van der Waals surface area contributed by atoms with Crippen LogP contribution in [0.2, 0.25) is 0 Å². The summed E-state index contributed by atoms with van der Waals surface area (Å²) in [7, 11) is 0. The molecule has 3 atom stereocenters. The fraction of sp³-hybridized carbons (Fsp3) is 0.150. The maximum Gasteiger partial charge on any atom is 0.148 e. The Morgan fingerprint density at radius 1 is 1.08 bits per heavy atom. The second-order valence-corrected chi connectivity index (χ2v) is 7.34. The van der Waals surface area contributed by atoms with Crippen molar-refractivity contribution in [3.63, 3.8) is 0 Å². The van der Waals surface area contributed by atoms with Crippen molar-refractivity contribution in [3.8, 4) is 0 Å². The van der Waals surface area contributed by atoms with E-state index in [1.807, 2.05) is 29.9 Å². The van der Waals surface area contributed by atoms with Crippen LogP contribution in [0, 0.1) is 0 Å². The van der Waals surface area contributed by atoms with Crippen LogP contribution in [-0.2, 0) is 4.79 Å². The fourth-order valence-corrected chi connectivity index (χ4v) is 4.61. The van der Waals surface area contributed by atoms with E-state index in [4.69, 9.17) is 0 Å². The average molecular weight is 360 g/mol. The molecule has 2 aromatic carbocycles. The highest BCUT2D eigenvalue weighted by molar-refractivity contribution is 7.09. The third-order valence-corrected chi connectivity index (χ3v) is 5.86. The van der Waals surface area contributed by atoms with Gasteiger partial charge in [-0.05, 0) is 17.2 Å². The summed E-state index contributed by atoms with van der Waals surface area (Å²) in [6, 6.07) is 16.1. The number of aromatic nitrogens is 1. The summed E-state index contributed by atoms with van der Waals surface area (Å²) in [6.45, 7) is 0. The average Bonchev–Trinajstić information content (AvgIpc) is 3.23. The monoisotopic (exact) mass is 360 g/mol. The van der Waals surface area contributed by atoms with Crippen LogP contribution in [0.3, 0.4) is 0 Å². The number of rotatable bonds is 3. The standard InChI is InChI=1S/C20H16N4OS/c25-10-15-13-7-4-8-14-17(13)20(24-23-15)18(16-9-21-11-26-16)19(22-14)12-5-2-1-3-6-12/h1-11,15,18-19,22-23H. The molecule has 5 rings (SSSR count). The molecular weight excluding hydrogens is 344 g/mol. The predicted octanol–water partition coefficient (Wildman–Crippen LogP) is 3.64. The lowest BCUT2D eigenvalue weighted by molar-refractivity contribution is -0.109. The number of hydrazone groups is 1. The SMILES string of the molecule is O=CC1NN=C2c3c(cccc31)NC(c1ccccc1)C2c1cncs1. The number of hydrogen-bond acceptors (Lipinski definition) is 6. The van der Waals surface area contributed by atoms with E-state index in [0.717, 1.165) is 33.7 Å². The molecule has 0 radical (unpaired) electrons. The normalized spacial score (nSPS) is 23.2. The van der Waals surface area contributed by atoms with E-state index >= 15 is 0 Å². The molecule has 2 aliphatic heterocycles. The Bertz CT molecular complexity index is 984. The first kappa shape index (κ1) is 15.3. The van der Waals surface area contributed by atoms with Crippen LogP contribution in [-0.4, -0.2) is 17.0 Å². The van der Waals surface area contributed by atoms with Crippen LogP contribution in [0.5, 0.6) is 0 Å². The highest BCUT2D eigenvalue weighted by atomic mass is 32.1. The van der Waals surface area contributed by atoms with Gasteiger partial charge < -0.3 is 10.1 Å². The molecule has 1 aromatic heterocycles. The Hall–Kier alpha value is -2.99. The van der Waals surface area contributed by atoms with Crippen LogP contribution < -0.4 is 10.7 Å². The molecular formula is C20H16N4OS. The van der Waals surface area contributed by atoms with Gasteiger partial charge in [0.1, 0.15) is 12.3 Å². The van der Waals surface area contributed by atoms with E-state index in [2.05, 4.69) is 51.2 Å². The van der Waals surface area contributed by atoms with Gasteiger partial charge in [0, 0.05) is 22.3 Å². The molecule has 0 saturated carbocycles. The molecule has 26 heavy (non-hydrogen) atoms. The molecule has 6 heteroatoms. The Balaban J connectivity index is 1.73. The fourth-order valence-electron chi connectivity index (χ4n) is 3.85. The molecule has 3 aromatic rings. The van der Waals surface area contributed by atoms with Gasteiger partial charge in [-0.2, -0.15) is 5.10 Å². The number of benzene rings is 2. The third-order valence-electron chi connectivity index (χ3n) is 5.00. The van der Waals surface area contributed by atoms with E-state index in [9.17, 15) is 4.79 Å². The van der Waals surface area contributed by atoms with E-state index in [1.54, 1.807) is 11.3 Å². The topological polar surface area (TPSA) is 66.4 Å². The number of nitrogens with zero attached hydrogens (tertiary/aromatic N) is 2. The number of aldehydes is 1. The number of thiazole rings is 1. The summed E-state index contributed by atoms with van der Waals surface area (Å²) < 4.78 is 0. The molecule has 3 heterocycles. The Labute approximate surface area is 154 Å². The maximum absolute atomic E-state index is 11.5. The number of carbonyl (C=O) groups excluding carboxylic acids is 1. The Kier molecular flexibility index (Phi) is 3.57. The van der Waals surface area contributed by atoms with Gasteiger partial charge in [0.2, 0.25) is 0 Å². The van der Waals surface area contributed by atoms with Crippen molar-refractivity contribution in [1.29, 1.82) is 0 Å². The summed E-state index contributed by atoms with van der Waals surface area (Å²) in [5.41, 5.74) is 10.1. The van der Waals surface area contributed by atoms with Gasteiger partial charge in [0.05, 0.1) is 23.2 Å². The van der Waals surface area contributed by atoms with E-state index in [1.165, 1.54) is 5.56 Å². The molecule has 0 aliphatic carbocycles. The Morgan fingerprint density at radius 3 is 2.73 bits per heavy atom. The van der Waals surface area contributed by atoms with Gasteiger partial charge in [-0.25, -0.2) is 0 Å². The lowest BCUT2D eigenvalue weighted by atomic mass is 9.78. The highest BCUT2D eigenvalue weighted by Gasteiger charge is 2.40. The van der Waals surface area contributed by atoms with Crippen LogP contribution >= 0.6 is 11.3 Å². The summed E-state index contributed by atoms with van der Waals surface area (Å²) in [5, 5.41) is 8.33. The van der Waals surface area contributed by atoms with Gasteiger partial charge in [0.15, 0.2) is 0 Å². The number of hydrogen-bond donors (Lipinski definition) is 2. The predicted molar refractivity (Wildman–Crippen MR) is 103 cm³/mol. The first-order valence-electron chi connectivity index (χ1n) is 8.48. The first-order chi connectivity index (χ1) is 12.9. The number of carbonyl (C=O) groups is 1. The van der Waals surface area contributed by atoms with Crippen molar-refractivity contribution in [2.75, 3.05) is 5.32 Å². The third kappa shape index (κ3) is 2.26. The van der Waals surface area contributed by atoms with Crippen molar-refractivity contribution in [1.82, 2.24) is 10.4 Å². The molecule has 0 saturated heterocycles. The van der Waals surface area contributed by atoms with E-state index < -0.39 is 6.04 Å². The molecule has 0 amide bonds. The minimum Gasteiger partial charge on any atom is -0.377 e. The van der Waals surface area contributed by atoms with Crippen LogP contribution in [0.1, 0.15) is 39.6 Å². The Morgan fingerprint density at radius 2 is 1.96 bits per heavy atom. The lowest BCUT2D eigenvalue weighted by Crippen LogP contribution is -2.38. The van der Waals surface area contributed by atoms with Crippen molar-refractivity contribution in [2.24, 2.45) is 5.10 Å². The van der Waals surface area contributed by atoms with Gasteiger partial charge in [-0.3, -0.25) is 10.4 Å². The van der Waals surface area contributed by atoms with Gasteiger partial charge in [0.25, 0.3) is 0 Å². The van der Waals surface area contributed by atoms with E-state index in [0.29, 0.717) is 0 Å². The minimum atomic E-state index is -0.411.